The number of fused-ring (bicyclic) bond motifs is 3. The number of hydrogen-bond acceptors (Lipinski definition) is 4. The lowest BCUT2D eigenvalue weighted by atomic mass is 9.89. The van der Waals surface area contributed by atoms with E-state index in [0.29, 0.717) is 18.0 Å². The highest BCUT2D eigenvalue weighted by Crippen LogP contribution is 2.37. The van der Waals surface area contributed by atoms with Crippen LogP contribution in [0.2, 0.25) is 0 Å². The molecule has 4 rings (SSSR count). The number of aryl methyl sites for hydroxylation is 1. The molecular formula is C21H24N2O3. The first-order valence-electron chi connectivity index (χ1n) is 9.38. The van der Waals surface area contributed by atoms with Crippen LogP contribution in [0.15, 0.2) is 34.4 Å². The highest BCUT2D eigenvalue weighted by atomic mass is 16.5. The van der Waals surface area contributed by atoms with Gasteiger partial charge in [0, 0.05) is 17.7 Å². The van der Waals surface area contributed by atoms with E-state index in [0.717, 1.165) is 42.6 Å². The van der Waals surface area contributed by atoms with Gasteiger partial charge < -0.3 is 14.6 Å². The van der Waals surface area contributed by atoms with E-state index in [4.69, 9.17) is 9.26 Å². The van der Waals surface area contributed by atoms with Gasteiger partial charge in [0.25, 0.3) is 5.91 Å². The van der Waals surface area contributed by atoms with E-state index in [-0.39, 0.29) is 5.91 Å². The third kappa shape index (κ3) is 3.26. The van der Waals surface area contributed by atoms with Crippen LogP contribution >= 0.6 is 0 Å². The summed E-state index contributed by atoms with van der Waals surface area (Å²) in [5.74, 6) is 1.34. The van der Waals surface area contributed by atoms with Crippen molar-refractivity contribution in [2.45, 2.75) is 44.9 Å². The Morgan fingerprint density at radius 1 is 1.27 bits per heavy atom. The molecule has 1 aromatic carbocycles. The number of nitrogens with one attached hydrogen (secondary N) is 1. The molecule has 2 aliphatic rings. The summed E-state index contributed by atoms with van der Waals surface area (Å²) in [6.07, 6.45) is 9.76. The van der Waals surface area contributed by atoms with Gasteiger partial charge in [-0.25, -0.2) is 0 Å². The van der Waals surface area contributed by atoms with E-state index in [9.17, 15) is 4.79 Å². The molecule has 5 nitrogen and oxygen atoms in total. The minimum Gasteiger partial charge on any atom is -0.497 e. The van der Waals surface area contributed by atoms with E-state index in [1.54, 1.807) is 7.11 Å². The Labute approximate surface area is 153 Å². The number of methoxy groups -OCH3 is 1. The molecule has 1 N–H and O–H groups in total. The predicted octanol–water partition coefficient (Wildman–Crippen LogP) is 4.07. The first-order valence-corrected chi connectivity index (χ1v) is 9.38. The van der Waals surface area contributed by atoms with Crippen molar-refractivity contribution in [2.24, 2.45) is 0 Å². The second kappa shape index (κ2) is 7.36. The Morgan fingerprint density at radius 3 is 3.00 bits per heavy atom. The van der Waals surface area contributed by atoms with E-state index in [1.807, 2.05) is 12.1 Å². The number of carbonyl (C=O) groups excluding carboxylic acids is 1. The van der Waals surface area contributed by atoms with Gasteiger partial charge in [-0.15, -0.1) is 0 Å². The summed E-state index contributed by atoms with van der Waals surface area (Å²) in [7, 11) is 1.65. The number of aromatic nitrogens is 1. The number of allylic oxidation sites excluding steroid dienone is 1. The molecule has 0 spiro atoms. The molecule has 0 radical (unpaired) electrons. The van der Waals surface area contributed by atoms with Crippen molar-refractivity contribution in [3.8, 4) is 17.1 Å². The van der Waals surface area contributed by atoms with Crippen LogP contribution in [-0.2, 0) is 12.8 Å². The van der Waals surface area contributed by atoms with E-state index in [1.165, 1.54) is 30.4 Å². The average Bonchev–Trinajstić information content (AvgIpc) is 3.13. The molecule has 26 heavy (non-hydrogen) atoms. The number of nitrogens with zero attached hydrogens (tertiary/aromatic N) is 1. The zero-order valence-electron chi connectivity index (χ0n) is 15.1. The second-order valence-corrected chi connectivity index (χ2v) is 6.98. The molecule has 1 aromatic heterocycles. The monoisotopic (exact) mass is 352 g/mol. The summed E-state index contributed by atoms with van der Waals surface area (Å²) in [6.45, 7) is 0.650. The highest BCUT2D eigenvalue weighted by Gasteiger charge is 2.27. The summed E-state index contributed by atoms with van der Waals surface area (Å²) in [5, 5.41) is 7.08. The van der Waals surface area contributed by atoms with Crippen LogP contribution < -0.4 is 10.1 Å². The average molecular weight is 352 g/mol. The molecule has 2 aromatic rings. The van der Waals surface area contributed by atoms with E-state index in [2.05, 4.69) is 22.6 Å². The summed E-state index contributed by atoms with van der Waals surface area (Å²) in [5.41, 5.74) is 4.96. The Bertz CT molecular complexity index is 851. The molecule has 0 bridgehead atoms. The Kier molecular flexibility index (Phi) is 4.78. The number of hydrogen-bond donors (Lipinski definition) is 1. The standard InChI is InChI=1S/C21H24N2O3/c1-25-16-9-7-15-8-10-17-19(23-26-20(17)18(15)13-16)21(24)22-12-11-14-5-3-2-4-6-14/h5,7,9,13H,2-4,6,8,10-12H2,1H3,(H,22,24). The fraction of sp³-hybridized carbons (Fsp3) is 0.429. The van der Waals surface area contributed by atoms with E-state index < -0.39 is 0 Å². The number of benzene rings is 1. The van der Waals surface area contributed by atoms with Crippen LogP contribution in [-0.4, -0.2) is 24.7 Å². The largest absolute Gasteiger partial charge is 0.497 e. The summed E-state index contributed by atoms with van der Waals surface area (Å²) in [6, 6.07) is 5.96. The van der Waals surface area contributed by atoms with Gasteiger partial charge in [0.05, 0.1) is 7.11 Å². The van der Waals surface area contributed by atoms with Gasteiger partial charge in [0.1, 0.15) is 5.75 Å². The summed E-state index contributed by atoms with van der Waals surface area (Å²) in [4.78, 5) is 12.6. The fourth-order valence-electron chi connectivity index (χ4n) is 3.85. The van der Waals surface area contributed by atoms with Gasteiger partial charge in [-0.2, -0.15) is 0 Å². The van der Waals surface area contributed by atoms with Crippen molar-refractivity contribution < 1.29 is 14.1 Å². The third-order valence-electron chi connectivity index (χ3n) is 5.33. The number of ether oxygens (including phenoxy) is 1. The number of carbonyl (C=O) groups is 1. The smallest absolute Gasteiger partial charge is 0.273 e. The van der Waals surface area contributed by atoms with Crippen LogP contribution in [0, 0.1) is 0 Å². The molecule has 0 atom stereocenters. The van der Waals surface area contributed by atoms with Crippen molar-refractivity contribution in [2.75, 3.05) is 13.7 Å². The Balaban J connectivity index is 1.48. The van der Waals surface area contributed by atoms with Crippen molar-refractivity contribution in [1.29, 1.82) is 0 Å². The van der Waals surface area contributed by atoms with Crippen LogP contribution in [0.5, 0.6) is 5.75 Å². The molecule has 0 saturated heterocycles. The third-order valence-corrected chi connectivity index (χ3v) is 5.33. The Hall–Kier alpha value is -2.56. The lowest BCUT2D eigenvalue weighted by Gasteiger charge is -2.16. The minimum absolute atomic E-state index is 0.141. The predicted molar refractivity (Wildman–Crippen MR) is 99.4 cm³/mol. The molecule has 1 amide bonds. The van der Waals surface area contributed by atoms with Gasteiger partial charge in [-0.1, -0.05) is 22.9 Å². The maximum atomic E-state index is 12.6. The molecule has 0 saturated carbocycles. The van der Waals surface area contributed by atoms with Crippen molar-refractivity contribution in [3.05, 3.63) is 46.7 Å². The van der Waals surface area contributed by atoms with Crippen LogP contribution in [0.3, 0.4) is 0 Å². The number of rotatable bonds is 5. The molecule has 2 aliphatic carbocycles. The first kappa shape index (κ1) is 16.9. The van der Waals surface area contributed by atoms with Gasteiger partial charge in [-0.05, 0) is 62.6 Å². The lowest BCUT2D eigenvalue weighted by Crippen LogP contribution is -2.26. The molecule has 1 heterocycles. The number of amides is 1. The van der Waals surface area contributed by atoms with Crippen LogP contribution in [0.1, 0.15) is 53.7 Å². The van der Waals surface area contributed by atoms with Crippen molar-refractivity contribution in [3.63, 3.8) is 0 Å². The van der Waals surface area contributed by atoms with Crippen molar-refractivity contribution >= 4 is 5.91 Å². The van der Waals surface area contributed by atoms with E-state index >= 15 is 0 Å². The van der Waals surface area contributed by atoms with Gasteiger partial charge in [0.2, 0.25) is 0 Å². The quantitative estimate of drug-likeness (QED) is 0.824. The molecule has 0 fully saturated rings. The molecule has 0 aliphatic heterocycles. The van der Waals surface area contributed by atoms with Gasteiger partial charge in [-0.3, -0.25) is 4.79 Å². The minimum atomic E-state index is -0.141. The second-order valence-electron chi connectivity index (χ2n) is 6.98. The molecule has 136 valence electrons. The normalized spacial score (nSPS) is 15.7. The lowest BCUT2D eigenvalue weighted by molar-refractivity contribution is 0.0944. The SMILES string of the molecule is COc1ccc2c(c1)-c1onc(C(=O)NCCC3=CCCCC3)c1CC2. The maximum absolute atomic E-state index is 12.6. The summed E-state index contributed by atoms with van der Waals surface area (Å²) >= 11 is 0. The van der Waals surface area contributed by atoms with Gasteiger partial charge >= 0.3 is 0 Å². The zero-order chi connectivity index (χ0) is 17.9. The highest BCUT2D eigenvalue weighted by molar-refractivity contribution is 5.95. The maximum Gasteiger partial charge on any atom is 0.273 e. The van der Waals surface area contributed by atoms with Gasteiger partial charge in [0.15, 0.2) is 11.5 Å². The first-order chi connectivity index (χ1) is 12.8. The van der Waals surface area contributed by atoms with Crippen LogP contribution in [0.25, 0.3) is 11.3 Å². The topological polar surface area (TPSA) is 64.4 Å². The van der Waals surface area contributed by atoms with Crippen molar-refractivity contribution in [1.82, 2.24) is 10.5 Å². The summed E-state index contributed by atoms with van der Waals surface area (Å²) < 4.78 is 10.9. The zero-order valence-corrected chi connectivity index (χ0v) is 15.1. The Morgan fingerprint density at radius 2 is 2.19 bits per heavy atom. The molecular weight excluding hydrogens is 328 g/mol. The fourth-order valence-corrected chi connectivity index (χ4v) is 3.85. The molecule has 0 unspecified atom stereocenters. The molecule has 5 heteroatoms. The van der Waals surface area contributed by atoms with Crippen LogP contribution in [0.4, 0.5) is 0 Å².